The number of hydrogen-bond acceptors (Lipinski definition) is 3. The van der Waals surface area contributed by atoms with Crippen LogP contribution in [0.1, 0.15) is 6.92 Å². The molecule has 0 fully saturated rings. The van der Waals surface area contributed by atoms with Crippen molar-refractivity contribution in [2.24, 2.45) is 7.05 Å². The predicted molar refractivity (Wildman–Crippen MR) is 54.7 cm³/mol. The van der Waals surface area contributed by atoms with Gasteiger partial charge in [0, 0.05) is 31.2 Å². The van der Waals surface area contributed by atoms with Crippen LogP contribution in [0.2, 0.25) is 0 Å². The van der Waals surface area contributed by atoms with E-state index in [-0.39, 0.29) is 0 Å². The Morgan fingerprint density at radius 1 is 1.75 bits per heavy atom. The number of imidazole rings is 1. The van der Waals surface area contributed by atoms with Gasteiger partial charge in [-0.25, -0.2) is 4.98 Å². The Morgan fingerprint density at radius 3 is 3.00 bits per heavy atom. The minimum atomic E-state index is 0.627. The summed E-state index contributed by atoms with van der Waals surface area (Å²) in [7, 11) is 1.99. The average molecular weight is 185 g/mol. The van der Waals surface area contributed by atoms with Gasteiger partial charge in [0.05, 0.1) is 0 Å². The fourth-order valence-corrected chi connectivity index (χ4v) is 1.10. The van der Waals surface area contributed by atoms with Crippen LogP contribution in [0.3, 0.4) is 0 Å². The SMILES string of the molecule is CSC(C)CNc1nccn1C. The number of aromatic nitrogens is 2. The van der Waals surface area contributed by atoms with Crippen LogP contribution in [0.15, 0.2) is 12.4 Å². The third-order valence-electron chi connectivity index (χ3n) is 1.77. The van der Waals surface area contributed by atoms with Crippen molar-refractivity contribution < 1.29 is 0 Å². The van der Waals surface area contributed by atoms with E-state index in [4.69, 9.17) is 0 Å². The van der Waals surface area contributed by atoms with Crippen molar-refractivity contribution in [2.45, 2.75) is 12.2 Å². The molecular weight excluding hydrogens is 170 g/mol. The summed E-state index contributed by atoms with van der Waals surface area (Å²) in [6.45, 7) is 3.16. The van der Waals surface area contributed by atoms with Gasteiger partial charge < -0.3 is 9.88 Å². The number of anilines is 1. The normalized spacial score (nSPS) is 12.9. The van der Waals surface area contributed by atoms with Crippen LogP contribution in [0, 0.1) is 0 Å². The van der Waals surface area contributed by atoms with E-state index in [1.807, 2.05) is 29.6 Å². The quantitative estimate of drug-likeness (QED) is 0.772. The number of nitrogens with one attached hydrogen (secondary N) is 1. The van der Waals surface area contributed by atoms with Crippen molar-refractivity contribution in [1.29, 1.82) is 0 Å². The summed E-state index contributed by atoms with van der Waals surface area (Å²) in [6.07, 6.45) is 5.85. The molecule has 1 N–H and O–H groups in total. The molecule has 1 aromatic heterocycles. The van der Waals surface area contributed by atoms with Crippen LogP contribution in [-0.2, 0) is 7.05 Å². The molecule has 0 saturated carbocycles. The van der Waals surface area contributed by atoms with Crippen LogP contribution < -0.4 is 5.32 Å². The third kappa shape index (κ3) is 2.44. The van der Waals surface area contributed by atoms with Gasteiger partial charge in [-0.3, -0.25) is 0 Å². The molecule has 68 valence electrons. The largest absolute Gasteiger partial charge is 0.355 e. The molecule has 0 spiro atoms. The van der Waals surface area contributed by atoms with E-state index in [1.54, 1.807) is 6.20 Å². The average Bonchev–Trinajstić information content (AvgIpc) is 2.47. The number of thioether (sulfide) groups is 1. The lowest BCUT2D eigenvalue weighted by Crippen LogP contribution is -2.14. The maximum absolute atomic E-state index is 4.16. The second-order valence-electron chi connectivity index (χ2n) is 2.79. The van der Waals surface area contributed by atoms with Gasteiger partial charge in [0.2, 0.25) is 5.95 Å². The van der Waals surface area contributed by atoms with Gasteiger partial charge in [-0.1, -0.05) is 6.92 Å². The van der Waals surface area contributed by atoms with Gasteiger partial charge in [0.15, 0.2) is 0 Å². The van der Waals surface area contributed by atoms with E-state index in [1.165, 1.54) is 0 Å². The van der Waals surface area contributed by atoms with E-state index in [9.17, 15) is 0 Å². The number of rotatable bonds is 4. The topological polar surface area (TPSA) is 29.9 Å². The molecule has 1 rings (SSSR count). The van der Waals surface area contributed by atoms with E-state index in [2.05, 4.69) is 23.5 Å². The first-order valence-corrected chi connectivity index (χ1v) is 5.27. The molecule has 0 radical (unpaired) electrons. The molecule has 0 amide bonds. The van der Waals surface area contributed by atoms with Crippen molar-refractivity contribution >= 4 is 17.7 Å². The Bertz CT molecular complexity index is 234. The monoisotopic (exact) mass is 185 g/mol. The van der Waals surface area contributed by atoms with Gasteiger partial charge >= 0.3 is 0 Å². The lowest BCUT2D eigenvalue weighted by Gasteiger charge is -2.09. The highest BCUT2D eigenvalue weighted by atomic mass is 32.2. The molecule has 1 aromatic rings. The molecule has 12 heavy (non-hydrogen) atoms. The molecule has 0 saturated heterocycles. The zero-order chi connectivity index (χ0) is 8.97. The van der Waals surface area contributed by atoms with E-state index in [0.717, 1.165) is 12.5 Å². The maximum atomic E-state index is 4.16. The standard InChI is InChI=1S/C8H15N3S/c1-7(12-3)6-10-8-9-4-5-11(8)2/h4-5,7H,6H2,1-3H3,(H,9,10). The summed E-state index contributed by atoms with van der Waals surface area (Å²) in [5, 5.41) is 3.90. The number of hydrogen-bond donors (Lipinski definition) is 1. The Kier molecular flexibility index (Phi) is 3.47. The zero-order valence-corrected chi connectivity index (χ0v) is 8.56. The summed E-state index contributed by atoms with van der Waals surface area (Å²) < 4.78 is 1.98. The lowest BCUT2D eigenvalue weighted by atomic mass is 10.5. The summed E-state index contributed by atoms with van der Waals surface area (Å²) >= 11 is 1.85. The van der Waals surface area contributed by atoms with Gasteiger partial charge in [0.25, 0.3) is 0 Å². The van der Waals surface area contributed by atoms with Crippen LogP contribution in [0.4, 0.5) is 5.95 Å². The molecule has 3 nitrogen and oxygen atoms in total. The molecule has 0 aliphatic carbocycles. The van der Waals surface area contributed by atoms with E-state index in [0.29, 0.717) is 5.25 Å². The molecular formula is C8H15N3S. The number of aryl methyl sites for hydroxylation is 1. The van der Waals surface area contributed by atoms with Gasteiger partial charge in [-0.2, -0.15) is 11.8 Å². The fourth-order valence-electron chi connectivity index (χ4n) is 0.854. The van der Waals surface area contributed by atoms with Crippen LogP contribution >= 0.6 is 11.8 Å². The summed E-state index contributed by atoms with van der Waals surface area (Å²) in [6, 6.07) is 0. The van der Waals surface area contributed by atoms with E-state index < -0.39 is 0 Å². The molecule has 4 heteroatoms. The molecule has 1 heterocycles. The first-order chi connectivity index (χ1) is 5.74. The molecule has 0 aliphatic heterocycles. The van der Waals surface area contributed by atoms with Gasteiger partial charge in [-0.05, 0) is 6.26 Å². The summed E-state index contributed by atoms with van der Waals surface area (Å²) in [4.78, 5) is 4.16. The van der Waals surface area contributed by atoms with Crippen molar-refractivity contribution in [3.63, 3.8) is 0 Å². The number of nitrogens with zero attached hydrogens (tertiary/aromatic N) is 2. The second kappa shape index (κ2) is 4.40. The van der Waals surface area contributed by atoms with Crippen LogP contribution in [-0.4, -0.2) is 27.6 Å². The highest BCUT2D eigenvalue weighted by molar-refractivity contribution is 7.99. The molecule has 0 aliphatic rings. The first kappa shape index (κ1) is 9.45. The first-order valence-electron chi connectivity index (χ1n) is 3.98. The Balaban J connectivity index is 2.38. The Morgan fingerprint density at radius 2 is 2.50 bits per heavy atom. The maximum Gasteiger partial charge on any atom is 0.202 e. The molecule has 0 aromatic carbocycles. The van der Waals surface area contributed by atoms with Crippen molar-refractivity contribution in [2.75, 3.05) is 18.1 Å². The zero-order valence-electron chi connectivity index (χ0n) is 7.74. The fraction of sp³-hybridized carbons (Fsp3) is 0.625. The predicted octanol–water partition coefficient (Wildman–Crippen LogP) is 1.58. The van der Waals surface area contributed by atoms with Crippen molar-refractivity contribution in [3.05, 3.63) is 12.4 Å². The highest BCUT2D eigenvalue weighted by Gasteiger charge is 2.01. The Hall–Kier alpha value is -0.640. The summed E-state index contributed by atoms with van der Waals surface area (Å²) in [5.74, 6) is 0.941. The van der Waals surface area contributed by atoms with Gasteiger partial charge in [0.1, 0.15) is 0 Å². The second-order valence-corrected chi connectivity index (χ2v) is 4.07. The third-order valence-corrected chi connectivity index (χ3v) is 2.74. The molecule has 1 atom stereocenters. The van der Waals surface area contributed by atoms with Gasteiger partial charge in [-0.15, -0.1) is 0 Å². The molecule has 1 unspecified atom stereocenters. The van der Waals surface area contributed by atoms with E-state index >= 15 is 0 Å². The van der Waals surface area contributed by atoms with Crippen LogP contribution in [0.5, 0.6) is 0 Å². The smallest absolute Gasteiger partial charge is 0.202 e. The highest BCUT2D eigenvalue weighted by Crippen LogP contribution is 2.07. The van der Waals surface area contributed by atoms with Crippen LogP contribution in [0.25, 0.3) is 0 Å². The van der Waals surface area contributed by atoms with Crippen molar-refractivity contribution in [1.82, 2.24) is 9.55 Å². The lowest BCUT2D eigenvalue weighted by molar-refractivity contribution is 0.887. The molecule has 0 bridgehead atoms. The minimum Gasteiger partial charge on any atom is -0.355 e. The van der Waals surface area contributed by atoms with Crippen molar-refractivity contribution in [3.8, 4) is 0 Å². The Labute approximate surface area is 77.6 Å². The minimum absolute atomic E-state index is 0.627. The summed E-state index contributed by atoms with van der Waals surface area (Å²) in [5.41, 5.74) is 0.